The van der Waals surface area contributed by atoms with Crippen molar-refractivity contribution in [2.45, 2.75) is 58.8 Å². The number of hydrogen-bond acceptors (Lipinski definition) is 4. The third-order valence-corrected chi connectivity index (χ3v) is 6.60. The summed E-state index contributed by atoms with van der Waals surface area (Å²) in [5, 5.41) is 2.28. The van der Waals surface area contributed by atoms with Gasteiger partial charge in [0.05, 0.1) is 11.0 Å². The van der Waals surface area contributed by atoms with Crippen molar-refractivity contribution in [1.82, 2.24) is 10.2 Å². The molecule has 0 aromatic rings. The number of hydrogen-bond donors (Lipinski definition) is 1. The molecule has 0 radical (unpaired) electrons. The van der Waals surface area contributed by atoms with Gasteiger partial charge >= 0.3 is 6.03 Å². The number of nitrogens with one attached hydrogen (secondary N) is 1. The Morgan fingerprint density at radius 1 is 1.24 bits per heavy atom. The van der Waals surface area contributed by atoms with Crippen LogP contribution in [0.15, 0.2) is 0 Å². The molecule has 0 aliphatic carbocycles. The zero-order chi connectivity index (χ0) is 16.6. The summed E-state index contributed by atoms with van der Waals surface area (Å²) in [5.41, 5.74) is -1.38. The standard InChI is InChI=1S/C14H26N2O4S/c1-10(2)21(19,20)9-7-8-16-11(17)14(6,13(3,4)5)15-12(16)18/h10H,7-9H2,1-6H3,(H,15,18). The predicted molar refractivity (Wildman–Crippen MR) is 81.6 cm³/mol. The lowest BCUT2D eigenvalue weighted by atomic mass is 9.75. The van der Waals surface area contributed by atoms with Gasteiger partial charge in [0.2, 0.25) is 0 Å². The molecule has 1 aliphatic heterocycles. The molecule has 1 N–H and O–H groups in total. The Labute approximate surface area is 127 Å². The van der Waals surface area contributed by atoms with Gasteiger partial charge in [-0.15, -0.1) is 0 Å². The molecule has 122 valence electrons. The third-order valence-electron chi connectivity index (χ3n) is 4.30. The first-order valence-electron chi connectivity index (χ1n) is 7.18. The molecule has 0 spiro atoms. The summed E-state index contributed by atoms with van der Waals surface area (Å²) in [7, 11) is -3.15. The Hall–Kier alpha value is -1.11. The fourth-order valence-corrected chi connectivity index (χ4v) is 3.07. The number of sulfone groups is 1. The molecule has 0 aromatic carbocycles. The van der Waals surface area contributed by atoms with E-state index < -0.39 is 32.1 Å². The highest BCUT2D eigenvalue weighted by atomic mass is 32.2. The van der Waals surface area contributed by atoms with Crippen molar-refractivity contribution in [3.8, 4) is 0 Å². The number of imide groups is 1. The highest BCUT2D eigenvalue weighted by molar-refractivity contribution is 7.91. The van der Waals surface area contributed by atoms with Gasteiger partial charge in [0.25, 0.3) is 5.91 Å². The Morgan fingerprint density at radius 3 is 2.14 bits per heavy atom. The van der Waals surface area contributed by atoms with Crippen LogP contribution < -0.4 is 5.32 Å². The van der Waals surface area contributed by atoms with E-state index in [0.29, 0.717) is 0 Å². The lowest BCUT2D eigenvalue weighted by Gasteiger charge is -2.35. The van der Waals surface area contributed by atoms with Gasteiger partial charge in [-0.25, -0.2) is 13.2 Å². The normalized spacial score (nSPS) is 23.9. The Bertz CT molecular complexity index is 534. The second-order valence-corrected chi connectivity index (χ2v) is 9.71. The van der Waals surface area contributed by atoms with Crippen molar-refractivity contribution < 1.29 is 18.0 Å². The molecule has 21 heavy (non-hydrogen) atoms. The van der Waals surface area contributed by atoms with E-state index in [4.69, 9.17) is 0 Å². The first-order chi connectivity index (χ1) is 9.33. The summed E-state index contributed by atoms with van der Waals surface area (Å²) in [5.74, 6) is -0.310. The molecule has 0 aromatic heterocycles. The summed E-state index contributed by atoms with van der Waals surface area (Å²) in [6, 6.07) is -0.445. The molecule has 3 amide bonds. The molecule has 0 bridgehead atoms. The molecule has 1 atom stereocenters. The molecule has 6 nitrogen and oxygen atoms in total. The molecule has 1 aliphatic rings. The molecule has 7 heteroatoms. The van der Waals surface area contributed by atoms with E-state index in [1.807, 2.05) is 20.8 Å². The summed E-state index contributed by atoms with van der Waals surface area (Å²) < 4.78 is 23.5. The van der Waals surface area contributed by atoms with Crippen molar-refractivity contribution in [3.05, 3.63) is 0 Å². The second kappa shape index (κ2) is 5.59. The average molecular weight is 318 g/mol. The Balaban J connectivity index is 2.75. The first kappa shape index (κ1) is 17.9. The van der Waals surface area contributed by atoms with Crippen LogP contribution in [0.3, 0.4) is 0 Å². The number of carbonyl (C=O) groups is 2. The van der Waals surface area contributed by atoms with Crippen molar-refractivity contribution >= 4 is 21.8 Å². The van der Waals surface area contributed by atoms with Crippen LogP contribution in [0.25, 0.3) is 0 Å². The van der Waals surface area contributed by atoms with Gasteiger partial charge in [0.1, 0.15) is 5.54 Å². The quantitative estimate of drug-likeness (QED) is 0.780. The predicted octanol–water partition coefficient (Wildman–Crippen LogP) is 1.56. The van der Waals surface area contributed by atoms with Gasteiger partial charge in [0.15, 0.2) is 9.84 Å². The molecule has 1 fully saturated rings. The van der Waals surface area contributed by atoms with Crippen LogP contribution in [0.2, 0.25) is 0 Å². The van der Waals surface area contributed by atoms with Crippen LogP contribution >= 0.6 is 0 Å². The largest absolute Gasteiger partial charge is 0.325 e. The van der Waals surface area contributed by atoms with E-state index in [9.17, 15) is 18.0 Å². The molecule has 1 unspecified atom stereocenters. The average Bonchev–Trinajstić information content (AvgIpc) is 2.52. The van der Waals surface area contributed by atoms with Crippen LogP contribution in [-0.2, 0) is 14.6 Å². The zero-order valence-electron chi connectivity index (χ0n) is 13.7. The highest BCUT2D eigenvalue weighted by Crippen LogP contribution is 2.35. The van der Waals surface area contributed by atoms with Gasteiger partial charge in [-0.05, 0) is 32.6 Å². The smallest absolute Gasteiger partial charge is 0.323 e. The highest BCUT2D eigenvalue weighted by Gasteiger charge is 2.54. The molecular formula is C14H26N2O4S. The maximum atomic E-state index is 12.5. The lowest BCUT2D eigenvalue weighted by molar-refractivity contribution is -0.134. The van der Waals surface area contributed by atoms with E-state index >= 15 is 0 Å². The summed E-state index contributed by atoms with van der Waals surface area (Å²) in [6.07, 6.45) is 0.264. The third kappa shape index (κ3) is 3.39. The van der Waals surface area contributed by atoms with Gasteiger partial charge in [-0.2, -0.15) is 0 Å². The fourth-order valence-electron chi connectivity index (χ4n) is 2.07. The van der Waals surface area contributed by atoms with E-state index in [1.165, 1.54) is 0 Å². The molecular weight excluding hydrogens is 292 g/mol. The van der Waals surface area contributed by atoms with Crippen LogP contribution in [0.1, 0.15) is 48.0 Å². The van der Waals surface area contributed by atoms with Gasteiger partial charge in [0, 0.05) is 6.54 Å². The van der Waals surface area contributed by atoms with Gasteiger partial charge in [-0.3, -0.25) is 9.69 Å². The topological polar surface area (TPSA) is 83.6 Å². The summed E-state index contributed by atoms with van der Waals surface area (Å²) >= 11 is 0. The van der Waals surface area contributed by atoms with Crippen LogP contribution in [0.5, 0.6) is 0 Å². The van der Waals surface area contributed by atoms with Crippen molar-refractivity contribution in [2.24, 2.45) is 5.41 Å². The minimum absolute atomic E-state index is 0.0199. The Kier molecular flexibility index (Phi) is 4.77. The minimum Gasteiger partial charge on any atom is -0.323 e. The number of rotatable bonds is 5. The SMILES string of the molecule is CC(C)S(=O)(=O)CCCN1C(=O)NC(C)(C(C)(C)C)C1=O. The molecule has 1 heterocycles. The van der Waals surface area contributed by atoms with Crippen molar-refractivity contribution in [1.29, 1.82) is 0 Å². The van der Waals surface area contributed by atoms with Gasteiger partial charge < -0.3 is 5.32 Å². The van der Waals surface area contributed by atoms with Crippen molar-refractivity contribution in [3.63, 3.8) is 0 Å². The number of urea groups is 1. The van der Waals surface area contributed by atoms with Gasteiger partial charge in [-0.1, -0.05) is 20.8 Å². The maximum absolute atomic E-state index is 12.5. The number of carbonyl (C=O) groups excluding carboxylic acids is 2. The number of nitrogens with zero attached hydrogens (tertiary/aromatic N) is 1. The number of amides is 3. The zero-order valence-corrected chi connectivity index (χ0v) is 14.5. The van der Waals surface area contributed by atoms with Crippen molar-refractivity contribution in [2.75, 3.05) is 12.3 Å². The first-order valence-corrected chi connectivity index (χ1v) is 8.90. The fraction of sp³-hybridized carbons (Fsp3) is 0.857. The summed E-state index contributed by atoms with van der Waals surface area (Å²) in [6.45, 7) is 10.7. The van der Waals surface area contributed by atoms with E-state index in [0.717, 1.165) is 4.90 Å². The van der Waals surface area contributed by atoms with E-state index in [2.05, 4.69) is 5.32 Å². The Morgan fingerprint density at radius 2 is 1.76 bits per heavy atom. The monoisotopic (exact) mass is 318 g/mol. The maximum Gasteiger partial charge on any atom is 0.325 e. The molecule has 0 saturated carbocycles. The van der Waals surface area contributed by atoms with Crippen LogP contribution in [0, 0.1) is 5.41 Å². The second-order valence-electron chi connectivity index (χ2n) is 7.03. The van der Waals surface area contributed by atoms with E-state index in [-0.39, 0.29) is 24.6 Å². The molecule has 1 rings (SSSR count). The summed E-state index contributed by atoms with van der Waals surface area (Å²) in [4.78, 5) is 25.6. The van der Waals surface area contributed by atoms with Crippen LogP contribution in [-0.4, -0.2) is 48.3 Å². The van der Waals surface area contributed by atoms with Crippen LogP contribution in [0.4, 0.5) is 4.79 Å². The minimum atomic E-state index is -3.15. The lowest BCUT2D eigenvalue weighted by Crippen LogP contribution is -2.54. The molecule has 1 saturated heterocycles. The van der Waals surface area contributed by atoms with E-state index in [1.54, 1.807) is 20.8 Å².